The van der Waals surface area contributed by atoms with Crippen LogP contribution in [0.5, 0.6) is 5.75 Å². The van der Waals surface area contributed by atoms with Crippen molar-refractivity contribution in [1.82, 2.24) is 4.98 Å². The van der Waals surface area contributed by atoms with Crippen molar-refractivity contribution in [2.75, 3.05) is 12.4 Å². The van der Waals surface area contributed by atoms with E-state index >= 15 is 0 Å². The van der Waals surface area contributed by atoms with Crippen LogP contribution in [0.25, 0.3) is 0 Å². The Morgan fingerprint density at radius 3 is 2.74 bits per heavy atom. The number of aromatic nitrogens is 1. The number of rotatable bonds is 3. The molecule has 0 unspecified atom stereocenters. The van der Waals surface area contributed by atoms with Gasteiger partial charge in [-0.05, 0) is 30.3 Å². The quantitative estimate of drug-likeness (QED) is 0.944. The van der Waals surface area contributed by atoms with Crippen molar-refractivity contribution >= 4 is 35.7 Å². The van der Waals surface area contributed by atoms with E-state index < -0.39 is 0 Å². The van der Waals surface area contributed by atoms with Crippen LogP contribution < -0.4 is 10.1 Å². The average molecular weight is 299 g/mol. The van der Waals surface area contributed by atoms with Crippen molar-refractivity contribution in [2.45, 2.75) is 0 Å². The lowest BCUT2D eigenvalue weighted by Crippen LogP contribution is -2.12. The predicted molar refractivity (Wildman–Crippen MR) is 77.4 cm³/mol. The zero-order valence-electron chi connectivity index (χ0n) is 10.1. The van der Waals surface area contributed by atoms with E-state index in [9.17, 15) is 4.79 Å². The molecule has 1 N–H and O–H groups in total. The number of nitrogens with one attached hydrogen (secondary N) is 1. The summed E-state index contributed by atoms with van der Waals surface area (Å²) in [7, 11) is 1.55. The van der Waals surface area contributed by atoms with Gasteiger partial charge in [0.05, 0.1) is 12.1 Å². The number of amides is 1. The van der Waals surface area contributed by atoms with Gasteiger partial charge in [-0.1, -0.05) is 17.7 Å². The van der Waals surface area contributed by atoms with Crippen LogP contribution in [-0.2, 0) is 0 Å². The van der Waals surface area contributed by atoms with Gasteiger partial charge in [-0.2, -0.15) is 0 Å². The Morgan fingerprint density at radius 1 is 1.32 bits per heavy atom. The molecule has 0 saturated heterocycles. The molecule has 1 amide bonds. The Labute approximate surface area is 122 Å². The molecule has 2 aromatic rings. The number of ether oxygens (including phenoxy) is 1. The lowest BCUT2D eigenvalue weighted by atomic mass is 10.2. The first-order valence-corrected chi connectivity index (χ1v) is 5.64. The van der Waals surface area contributed by atoms with Crippen LogP contribution in [-0.4, -0.2) is 18.0 Å². The lowest BCUT2D eigenvalue weighted by Gasteiger charge is -2.05. The van der Waals surface area contributed by atoms with E-state index in [-0.39, 0.29) is 18.3 Å². The second-order valence-corrected chi connectivity index (χ2v) is 3.98. The topological polar surface area (TPSA) is 51.2 Å². The fraction of sp³-hybridized carbons (Fsp3) is 0.0769. The summed E-state index contributed by atoms with van der Waals surface area (Å²) in [5.41, 5.74) is 0.506. The maximum atomic E-state index is 11.9. The molecule has 0 aliphatic carbocycles. The van der Waals surface area contributed by atoms with E-state index in [1.807, 2.05) is 0 Å². The zero-order valence-corrected chi connectivity index (χ0v) is 11.7. The minimum Gasteiger partial charge on any atom is -0.497 e. The van der Waals surface area contributed by atoms with Gasteiger partial charge in [-0.15, -0.1) is 12.4 Å². The van der Waals surface area contributed by atoms with Crippen LogP contribution in [0.15, 0.2) is 42.6 Å². The molecule has 1 heterocycles. The summed E-state index contributed by atoms with van der Waals surface area (Å²) in [6, 6.07) is 10.2. The first kappa shape index (κ1) is 15.3. The minimum atomic E-state index is -0.247. The van der Waals surface area contributed by atoms with Crippen LogP contribution in [0.2, 0.25) is 5.02 Å². The average Bonchev–Trinajstić information content (AvgIpc) is 2.41. The van der Waals surface area contributed by atoms with Gasteiger partial charge in [-0.3, -0.25) is 4.79 Å². The van der Waals surface area contributed by atoms with E-state index in [0.717, 1.165) is 0 Å². The standard InChI is InChI=1S/C13H11ClN2O2.ClH/c1-18-11-4-2-3-9(7-11)13(17)16-12-6-5-10(14)8-15-12;/h2-8H,1H3,(H,15,16,17);1H. The van der Waals surface area contributed by atoms with Crippen molar-refractivity contribution in [3.05, 3.63) is 53.2 Å². The van der Waals surface area contributed by atoms with Gasteiger partial charge >= 0.3 is 0 Å². The lowest BCUT2D eigenvalue weighted by molar-refractivity contribution is 0.102. The van der Waals surface area contributed by atoms with Crippen LogP contribution in [0.3, 0.4) is 0 Å². The second kappa shape index (κ2) is 6.97. The highest BCUT2D eigenvalue weighted by Crippen LogP contribution is 2.15. The third-order valence-corrected chi connectivity index (χ3v) is 2.52. The summed E-state index contributed by atoms with van der Waals surface area (Å²) in [4.78, 5) is 15.9. The minimum absolute atomic E-state index is 0. The summed E-state index contributed by atoms with van der Waals surface area (Å²) < 4.78 is 5.06. The fourth-order valence-corrected chi connectivity index (χ4v) is 1.51. The summed E-state index contributed by atoms with van der Waals surface area (Å²) in [6.07, 6.45) is 1.47. The molecule has 100 valence electrons. The van der Waals surface area contributed by atoms with Crippen LogP contribution >= 0.6 is 24.0 Å². The fourth-order valence-electron chi connectivity index (χ4n) is 1.40. The van der Waals surface area contributed by atoms with Gasteiger partial charge < -0.3 is 10.1 Å². The highest BCUT2D eigenvalue weighted by molar-refractivity contribution is 6.30. The Morgan fingerprint density at radius 2 is 2.11 bits per heavy atom. The van der Waals surface area contributed by atoms with E-state index in [2.05, 4.69) is 10.3 Å². The summed E-state index contributed by atoms with van der Waals surface area (Å²) in [5, 5.41) is 3.20. The van der Waals surface area contributed by atoms with Crippen molar-refractivity contribution in [3.8, 4) is 5.75 Å². The molecule has 0 aliphatic rings. The Balaban J connectivity index is 0.00000180. The molecule has 1 aromatic carbocycles. The van der Waals surface area contributed by atoms with E-state index in [1.54, 1.807) is 43.5 Å². The smallest absolute Gasteiger partial charge is 0.256 e. The van der Waals surface area contributed by atoms with Gasteiger partial charge in [0.15, 0.2) is 0 Å². The van der Waals surface area contributed by atoms with Crippen LogP contribution in [0, 0.1) is 0 Å². The molecule has 0 saturated carbocycles. The number of nitrogens with zero attached hydrogens (tertiary/aromatic N) is 1. The second-order valence-electron chi connectivity index (χ2n) is 3.55. The van der Waals surface area contributed by atoms with Crippen molar-refractivity contribution in [2.24, 2.45) is 0 Å². The van der Waals surface area contributed by atoms with Crippen LogP contribution in [0.4, 0.5) is 5.82 Å². The van der Waals surface area contributed by atoms with E-state index in [0.29, 0.717) is 22.2 Å². The number of anilines is 1. The predicted octanol–water partition coefficient (Wildman–Crippen LogP) is 3.42. The Kier molecular flexibility index (Phi) is 5.60. The number of methoxy groups -OCH3 is 1. The number of hydrogen-bond donors (Lipinski definition) is 1. The molecule has 1 aromatic heterocycles. The summed E-state index contributed by atoms with van der Waals surface area (Å²) in [6.45, 7) is 0. The third kappa shape index (κ3) is 4.12. The highest BCUT2D eigenvalue weighted by Gasteiger charge is 2.07. The maximum absolute atomic E-state index is 11.9. The molecule has 0 atom stereocenters. The molecule has 4 nitrogen and oxygen atoms in total. The first-order chi connectivity index (χ1) is 8.69. The molecular weight excluding hydrogens is 287 g/mol. The van der Waals surface area contributed by atoms with E-state index in [1.165, 1.54) is 6.20 Å². The molecule has 0 fully saturated rings. The van der Waals surface area contributed by atoms with Gasteiger partial charge in [0, 0.05) is 11.8 Å². The zero-order chi connectivity index (χ0) is 13.0. The number of hydrogen-bond acceptors (Lipinski definition) is 3. The molecule has 19 heavy (non-hydrogen) atoms. The number of carbonyl (C=O) groups is 1. The number of benzene rings is 1. The van der Waals surface area contributed by atoms with Gasteiger partial charge in [0.1, 0.15) is 11.6 Å². The number of pyridine rings is 1. The Bertz CT molecular complexity index is 559. The van der Waals surface area contributed by atoms with Gasteiger partial charge in [0.2, 0.25) is 0 Å². The van der Waals surface area contributed by atoms with Crippen LogP contribution in [0.1, 0.15) is 10.4 Å². The van der Waals surface area contributed by atoms with E-state index in [4.69, 9.17) is 16.3 Å². The summed E-state index contributed by atoms with van der Waals surface area (Å²) in [5.74, 6) is 0.836. The molecule has 0 spiro atoms. The SMILES string of the molecule is COc1cccc(C(=O)Nc2ccc(Cl)cn2)c1.Cl. The molecule has 2 rings (SSSR count). The maximum Gasteiger partial charge on any atom is 0.256 e. The summed E-state index contributed by atoms with van der Waals surface area (Å²) >= 11 is 5.71. The van der Waals surface area contributed by atoms with Crippen molar-refractivity contribution < 1.29 is 9.53 Å². The normalized spacial score (nSPS) is 9.37. The third-order valence-electron chi connectivity index (χ3n) is 2.30. The molecule has 0 radical (unpaired) electrons. The van der Waals surface area contributed by atoms with Crippen molar-refractivity contribution in [3.63, 3.8) is 0 Å². The largest absolute Gasteiger partial charge is 0.497 e. The van der Waals surface area contributed by atoms with Crippen molar-refractivity contribution in [1.29, 1.82) is 0 Å². The Hall–Kier alpha value is -1.78. The molecule has 0 bridgehead atoms. The first-order valence-electron chi connectivity index (χ1n) is 5.26. The monoisotopic (exact) mass is 298 g/mol. The number of carbonyl (C=O) groups excluding carboxylic acids is 1. The number of halogens is 2. The van der Waals surface area contributed by atoms with Gasteiger partial charge in [0.25, 0.3) is 5.91 Å². The molecular formula is C13H12Cl2N2O2. The molecule has 0 aliphatic heterocycles. The highest BCUT2D eigenvalue weighted by atomic mass is 35.5. The van der Waals surface area contributed by atoms with Gasteiger partial charge in [-0.25, -0.2) is 4.98 Å². The molecule has 6 heteroatoms.